The van der Waals surface area contributed by atoms with E-state index in [0.717, 1.165) is 24.3 Å². The maximum absolute atomic E-state index is 15.6. The molecule has 286 valence electrons. The van der Waals surface area contributed by atoms with Gasteiger partial charge in [-0.05, 0) is 87.7 Å². The molecule has 2 aromatic carbocycles. The number of nitrogens with one attached hydrogen (secondary N) is 2. The SMILES string of the molecule is Cn1ccc(C(N)=O)c1C1(CC(=O)CCO)C=C(C(N)=O)C(Nc2ccc(I)cc2F)(OC(O)C[N+](OCCO)(C(=O)CO)c2ccc(I)cc2F)N1. The van der Waals surface area contributed by atoms with Crippen LogP contribution in [0.25, 0.3) is 0 Å². The van der Waals surface area contributed by atoms with Gasteiger partial charge in [0.25, 0.3) is 11.8 Å². The average molecular weight is 969 g/mol. The van der Waals surface area contributed by atoms with Crippen LogP contribution in [0.2, 0.25) is 0 Å². The number of amides is 3. The Bertz CT molecular complexity index is 1930. The molecule has 0 spiro atoms. The fourth-order valence-corrected chi connectivity index (χ4v) is 7.11. The molecule has 0 radical (unpaired) electrons. The summed E-state index contributed by atoms with van der Waals surface area (Å²) >= 11 is 3.67. The average Bonchev–Trinajstić information content (AvgIpc) is 3.62. The third-order valence-corrected chi connectivity index (χ3v) is 9.61. The molecule has 1 aliphatic heterocycles. The van der Waals surface area contributed by atoms with Crippen LogP contribution in [0.3, 0.4) is 0 Å². The largest absolute Gasteiger partial charge is 0.396 e. The Balaban J connectivity index is 1.98. The predicted octanol–water partition coefficient (Wildman–Crippen LogP) is 0.714. The zero-order chi connectivity index (χ0) is 39.3. The van der Waals surface area contributed by atoms with Gasteiger partial charge in [-0.25, -0.2) is 13.6 Å². The Hall–Kier alpha value is -3.46. The lowest BCUT2D eigenvalue weighted by atomic mass is 9.86. The van der Waals surface area contributed by atoms with Gasteiger partial charge in [0.15, 0.2) is 19.0 Å². The van der Waals surface area contributed by atoms with Gasteiger partial charge < -0.3 is 46.5 Å². The van der Waals surface area contributed by atoms with Crippen molar-refractivity contribution in [2.45, 2.75) is 30.5 Å². The number of carbonyl (C=O) groups excluding carboxylic acids is 4. The molecule has 0 fully saturated rings. The molecule has 0 saturated heterocycles. The molecule has 3 amide bonds. The molecule has 20 heteroatoms. The highest BCUT2D eigenvalue weighted by molar-refractivity contribution is 14.1. The van der Waals surface area contributed by atoms with Gasteiger partial charge in [0.1, 0.15) is 18.2 Å². The molecule has 53 heavy (non-hydrogen) atoms. The molecule has 2 heterocycles. The van der Waals surface area contributed by atoms with E-state index in [9.17, 15) is 39.6 Å². The molecular weight excluding hydrogens is 932 g/mol. The first-order valence-corrected chi connectivity index (χ1v) is 17.9. The van der Waals surface area contributed by atoms with E-state index in [1.165, 1.54) is 42.1 Å². The zero-order valence-corrected chi connectivity index (χ0v) is 32.3. The number of aryl methyl sites for hydroxylation is 1. The summed E-state index contributed by atoms with van der Waals surface area (Å²) in [6.07, 6.45) is -0.710. The van der Waals surface area contributed by atoms with Gasteiger partial charge in [0.2, 0.25) is 17.8 Å². The molecule has 1 aliphatic rings. The fourth-order valence-electron chi connectivity index (χ4n) is 6.20. The predicted molar refractivity (Wildman–Crippen MR) is 201 cm³/mol. The smallest absolute Gasteiger partial charge is 0.376 e. The van der Waals surface area contributed by atoms with Crippen LogP contribution in [0.4, 0.5) is 20.2 Å². The number of nitrogens with two attached hydrogens (primary N) is 2. The molecule has 4 atom stereocenters. The van der Waals surface area contributed by atoms with E-state index in [0.29, 0.717) is 7.14 Å². The van der Waals surface area contributed by atoms with E-state index in [-0.39, 0.29) is 23.4 Å². The number of ketones is 1. The summed E-state index contributed by atoms with van der Waals surface area (Å²) in [6, 6.07) is 8.84. The molecule has 0 aliphatic carbocycles. The Morgan fingerprint density at radius 3 is 2.23 bits per heavy atom. The minimum absolute atomic E-state index is 0.00714. The minimum atomic E-state index is -2.63. The Labute approximate surface area is 328 Å². The monoisotopic (exact) mass is 969 g/mol. The highest BCUT2D eigenvalue weighted by Crippen LogP contribution is 2.44. The van der Waals surface area contributed by atoms with E-state index in [2.05, 4.69) is 10.6 Å². The lowest BCUT2D eigenvalue weighted by Crippen LogP contribution is -2.65. The van der Waals surface area contributed by atoms with Crippen LogP contribution in [-0.4, -0.2) is 93.6 Å². The van der Waals surface area contributed by atoms with Crippen LogP contribution in [0.1, 0.15) is 28.9 Å². The summed E-state index contributed by atoms with van der Waals surface area (Å²) in [7, 11) is 1.50. The molecule has 3 aromatic rings. The maximum Gasteiger partial charge on any atom is 0.376 e. The molecule has 1 aromatic heterocycles. The zero-order valence-electron chi connectivity index (χ0n) is 28.0. The summed E-state index contributed by atoms with van der Waals surface area (Å²) in [5.41, 5.74) is 8.13. The number of ether oxygens (including phenoxy) is 1. The molecule has 16 nitrogen and oxygen atoms in total. The van der Waals surface area contributed by atoms with Crippen LogP contribution >= 0.6 is 45.2 Å². The summed E-state index contributed by atoms with van der Waals surface area (Å²) in [5.74, 6) is -8.48. The number of primary amides is 2. The van der Waals surface area contributed by atoms with Crippen LogP contribution < -0.4 is 26.7 Å². The van der Waals surface area contributed by atoms with Crippen LogP contribution in [-0.2, 0) is 36.5 Å². The first-order chi connectivity index (χ1) is 25.0. The number of aliphatic hydroxyl groups is 4. The molecule has 10 N–H and O–H groups in total. The van der Waals surface area contributed by atoms with Gasteiger partial charge in [-0.1, -0.05) is 4.65 Å². The van der Waals surface area contributed by atoms with Gasteiger partial charge >= 0.3 is 5.91 Å². The number of hydrogen-bond acceptors (Lipinski definition) is 12. The second kappa shape index (κ2) is 17.3. The lowest BCUT2D eigenvalue weighted by molar-refractivity contribution is -0.232. The topological polar surface area (TPSA) is 249 Å². The van der Waals surface area contributed by atoms with E-state index >= 15 is 8.78 Å². The normalized spacial score (nSPS) is 20.1. The number of halogens is 4. The molecule has 0 bridgehead atoms. The number of carbonyl (C=O) groups is 4. The van der Waals surface area contributed by atoms with E-state index < -0.39 is 108 Å². The van der Waals surface area contributed by atoms with Gasteiger partial charge in [-0.15, -0.1) is 0 Å². The summed E-state index contributed by atoms with van der Waals surface area (Å²) in [6.45, 7) is -4.16. The fraction of sp³-hybridized carbons (Fsp3) is 0.333. The van der Waals surface area contributed by atoms with Crippen molar-refractivity contribution in [3.05, 3.63) is 90.3 Å². The first kappa shape index (κ1) is 42.3. The van der Waals surface area contributed by atoms with E-state index in [4.69, 9.17) is 21.0 Å². The van der Waals surface area contributed by atoms with Crippen molar-refractivity contribution in [3.63, 3.8) is 0 Å². The highest BCUT2D eigenvalue weighted by atomic mass is 127. The third kappa shape index (κ3) is 8.92. The molecular formula is C33H37F2I2N6O10+. The van der Waals surface area contributed by atoms with Crippen molar-refractivity contribution in [3.8, 4) is 0 Å². The van der Waals surface area contributed by atoms with Gasteiger partial charge in [0.05, 0.1) is 34.7 Å². The number of anilines is 1. The maximum atomic E-state index is 15.6. The second-order valence-corrected chi connectivity index (χ2v) is 14.4. The summed E-state index contributed by atoms with van der Waals surface area (Å²) < 4.78 is 37.9. The van der Waals surface area contributed by atoms with Crippen molar-refractivity contribution < 1.29 is 58.0 Å². The number of Topliss-reactive ketones (excluding diaryl/α,β-unsaturated/α-hetero) is 1. The third-order valence-electron chi connectivity index (χ3n) is 8.27. The number of hydroxylamine groups is 2. The lowest BCUT2D eigenvalue weighted by Gasteiger charge is -2.41. The second-order valence-electron chi connectivity index (χ2n) is 11.9. The summed E-state index contributed by atoms with van der Waals surface area (Å²) in [5, 5.41) is 46.6. The number of aromatic nitrogens is 1. The quantitative estimate of drug-likeness (QED) is 0.0381. The number of quaternary nitrogens is 1. The summed E-state index contributed by atoms with van der Waals surface area (Å²) in [4.78, 5) is 58.4. The highest BCUT2D eigenvalue weighted by Gasteiger charge is 2.57. The van der Waals surface area contributed by atoms with Crippen LogP contribution in [0, 0.1) is 18.8 Å². The van der Waals surface area contributed by atoms with E-state index in [1.54, 1.807) is 0 Å². The van der Waals surface area contributed by atoms with Gasteiger partial charge in [0, 0.05) is 45.9 Å². The number of nitrogens with zero attached hydrogens (tertiary/aromatic N) is 2. The number of benzene rings is 2. The number of aliphatic hydroxyl groups excluding tert-OH is 4. The van der Waals surface area contributed by atoms with Gasteiger partial charge in [-0.3, -0.25) is 19.7 Å². The van der Waals surface area contributed by atoms with E-state index in [1.807, 2.05) is 45.2 Å². The molecule has 4 unspecified atom stereocenters. The molecule has 0 saturated carbocycles. The first-order valence-electron chi connectivity index (χ1n) is 15.7. The van der Waals surface area contributed by atoms with Crippen molar-refractivity contribution in [2.75, 3.05) is 38.3 Å². The molecule has 4 rings (SSSR count). The van der Waals surface area contributed by atoms with Crippen LogP contribution in [0.5, 0.6) is 0 Å². The number of hydrogen-bond donors (Lipinski definition) is 8. The van der Waals surface area contributed by atoms with Crippen molar-refractivity contribution in [1.82, 2.24) is 14.5 Å². The van der Waals surface area contributed by atoms with Crippen LogP contribution in [0.15, 0.2) is 60.3 Å². The van der Waals surface area contributed by atoms with Crippen molar-refractivity contribution in [1.29, 1.82) is 0 Å². The van der Waals surface area contributed by atoms with Crippen molar-refractivity contribution in [2.24, 2.45) is 18.5 Å². The van der Waals surface area contributed by atoms with Crippen molar-refractivity contribution >= 4 is 80.1 Å². The Morgan fingerprint density at radius 2 is 1.66 bits per heavy atom. The Morgan fingerprint density at radius 1 is 1.00 bits per heavy atom. The van der Waals surface area contributed by atoms with Gasteiger partial charge in [-0.2, -0.15) is 4.84 Å². The Kier molecular flexibility index (Phi) is 13.8. The standard InChI is InChI=1S/C33H36F2I2N6O10/c1-42-8-6-21(30(38)50)29(42)32(14-20(47)7-9-44)15-22(31(39)51)33(41-32,40-25-4-2-18(36)12-23(25)34)53-28(49)16-43(27(48)17-46,52-11-10-45)26-5-3-19(37)13-24(26)35/h2-6,8,12-13,15,28,40-41,44-46,49H,7,9-11,14,16-17H2,1H3,(H3-,38,39,50,51)/p+1. The number of rotatable bonds is 18. The minimum Gasteiger partial charge on any atom is -0.396 e.